The smallest absolute Gasteiger partial charge is 0.270 e. The minimum absolute atomic E-state index is 0.00264. The highest BCUT2D eigenvalue weighted by molar-refractivity contribution is 7.98. The fourth-order valence-electron chi connectivity index (χ4n) is 0.780. The van der Waals surface area contributed by atoms with Crippen molar-refractivity contribution in [2.45, 2.75) is 4.90 Å². The van der Waals surface area contributed by atoms with Crippen LogP contribution in [0.15, 0.2) is 23.1 Å². The van der Waals surface area contributed by atoms with Crippen molar-refractivity contribution in [1.29, 1.82) is 0 Å². The molecule has 4 nitrogen and oxygen atoms in total. The van der Waals surface area contributed by atoms with Gasteiger partial charge in [-0.15, -0.1) is 11.8 Å². The SMILES string of the molecule is CSc1cc([N+](=O)[O-])ccc1O. The first kappa shape index (κ1) is 8.86. The zero-order chi connectivity index (χ0) is 9.14. The molecule has 0 aliphatic heterocycles. The first-order valence-corrected chi connectivity index (χ1v) is 4.39. The van der Waals surface area contributed by atoms with Crippen LogP contribution in [0.4, 0.5) is 5.69 Å². The molecule has 0 radical (unpaired) electrons. The Balaban J connectivity index is 3.13. The predicted octanol–water partition coefficient (Wildman–Crippen LogP) is 2.02. The van der Waals surface area contributed by atoms with Crippen LogP contribution >= 0.6 is 11.8 Å². The second-order valence-corrected chi connectivity index (χ2v) is 2.96. The van der Waals surface area contributed by atoms with Crippen LogP contribution in [0.25, 0.3) is 0 Å². The molecule has 0 unspecified atom stereocenters. The van der Waals surface area contributed by atoms with Gasteiger partial charge in [-0.2, -0.15) is 0 Å². The van der Waals surface area contributed by atoms with Crippen molar-refractivity contribution in [2.75, 3.05) is 6.26 Å². The average Bonchev–Trinajstić information content (AvgIpc) is 2.05. The Labute approximate surface area is 73.4 Å². The fraction of sp³-hybridized carbons (Fsp3) is 0.143. The van der Waals surface area contributed by atoms with Gasteiger partial charge in [-0.3, -0.25) is 10.1 Å². The summed E-state index contributed by atoms with van der Waals surface area (Å²) >= 11 is 1.27. The van der Waals surface area contributed by atoms with Gasteiger partial charge in [-0.25, -0.2) is 0 Å². The minimum Gasteiger partial charge on any atom is -0.507 e. The number of nitro groups is 1. The number of phenols is 1. The topological polar surface area (TPSA) is 63.4 Å². The van der Waals surface area contributed by atoms with Crippen molar-refractivity contribution in [1.82, 2.24) is 0 Å². The maximum absolute atomic E-state index is 10.3. The normalized spacial score (nSPS) is 9.75. The molecule has 0 saturated heterocycles. The maximum atomic E-state index is 10.3. The summed E-state index contributed by atoms with van der Waals surface area (Å²) in [6.45, 7) is 0. The van der Waals surface area contributed by atoms with Crippen LogP contribution in [0, 0.1) is 10.1 Å². The van der Waals surface area contributed by atoms with Crippen LogP contribution in [0.5, 0.6) is 5.75 Å². The van der Waals surface area contributed by atoms with Crippen LogP contribution in [0.1, 0.15) is 0 Å². The molecule has 64 valence electrons. The predicted molar refractivity (Wildman–Crippen MR) is 46.5 cm³/mol. The van der Waals surface area contributed by atoms with E-state index in [0.29, 0.717) is 4.90 Å². The molecule has 1 rings (SSSR count). The Bertz CT molecular complexity index is 314. The third kappa shape index (κ3) is 1.68. The number of hydrogen-bond donors (Lipinski definition) is 1. The highest BCUT2D eigenvalue weighted by Gasteiger charge is 2.08. The lowest BCUT2D eigenvalue weighted by Crippen LogP contribution is -1.87. The average molecular weight is 185 g/mol. The number of aromatic hydroxyl groups is 1. The molecule has 0 aliphatic rings. The number of phenolic OH excluding ortho intramolecular Hbond substituents is 1. The molecule has 0 atom stereocenters. The molecule has 0 aromatic heterocycles. The summed E-state index contributed by atoms with van der Waals surface area (Å²) in [5.41, 5.74) is -0.00264. The summed E-state index contributed by atoms with van der Waals surface area (Å²) in [4.78, 5) is 10.3. The Morgan fingerprint density at radius 3 is 2.75 bits per heavy atom. The number of non-ortho nitro benzene ring substituents is 1. The minimum atomic E-state index is -0.487. The maximum Gasteiger partial charge on any atom is 0.270 e. The van der Waals surface area contributed by atoms with E-state index in [4.69, 9.17) is 0 Å². The van der Waals surface area contributed by atoms with Gasteiger partial charge in [0.15, 0.2) is 0 Å². The molecular formula is C7H7NO3S. The standard InChI is InChI=1S/C7H7NO3S/c1-12-7-4-5(8(10)11)2-3-6(7)9/h2-4,9H,1H3. The summed E-state index contributed by atoms with van der Waals surface area (Å²) in [7, 11) is 0. The van der Waals surface area contributed by atoms with E-state index >= 15 is 0 Å². The fourth-order valence-corrected chi connectivity index (χ4v) is 1.30. The molecule has 0 bridgehead atoms. The van der Waals surface area contributed by atoms with Gasteiger partial charge in [0.2, 0.25) is 0 Å². The van der Waals surface area contributed by atoms with E-state index < -0.39 is 4.92 Å². The third-order valence-electron chi connectivity index (χ3n) is 1.37. The van der Waals surface area contributed by atoms with Crippen molar-refractivity contribution in [3.05, 3.63) is 28.3 Å². The largest absolute Gasteiger partial charge is 0.507 e. The molecule has 0 fully saturated rings. The number of benzene rings is 1. The molecule has 0 saturated carbocycles. The molecule has 12 heavy (non-hydrogen) atoms. The van der Waals surface area contributed by atoms with Crippen molar-refractivity contribution in [3.8, 4) is 5.75 Å². The van der Waals surface area contributed by atoms with Gasteiger partial charge in [0.1, 0.15) is 5.75 Å². The van der Waals surface area contributed by atoms with Gasteiger partial charge in [0, 0.05) is 12.1 Å². The van der Waals surface area contributed by atoms with Crippen LogP contribution < -0.4 is 0 Å². The van der Waals surface area contributed by atoms with Crippen molar-refractivity contribution < 1.29 is 10.0 Å². The zero-order valence-corrected chi connectivity index (χ0v) is 7.17. The Morgan fingerprint density at radius 1 is 1.58 bits per heavy atom. The van der Waals surface area contributed by atoms with E-state index in [1.165, 1.54) is 30.0 Å². The summed E-state index contributed by atoms with van der Waals surface area (Å²) in [5, 5.41) is 19.5. The van der Waals surface area contributed by atoms with Gasteiger partial charge < -0.3 is 5.11 Å². The zero-order valence-electron chi connectivity index (χ0n) is 6.35. The molecule has 1 N–H and O–H groups in total. The number of rotatable bonds is 2. The molecule has 1 aromatic carbocycles. The number of nitro benzene ring substituents is 1. The molecule has 0 aliphatic carbocycles. The Morgan fingerprint density at radius 2 is 2.25 bits per heavy atom. The van der Waals surface area contributed by atoms with Gasteiger partial charge >= 0.3 is 0 Å². The van der Waals surface area contributed by atoms with Gasteiger partial charge in [0.05, 0.1) is 9.82 Å². The molecular weight excluding hydrogens is 178 g/mol. The molecule has 0 spiro atoms. The van der Waals surface area contributed by atoms with E-state index in [2.05, 4.69) is 0 Å². The van der Waals surface area contributed by atoms with Crippen molar-refractivity contribution >= 4 is 17.4 Å². The van der Waals surface area contributed by atoms with Gasteiger partial charge in [-0.05, 0) is 12.3 Å². The lowest BCUT2D eigenvalue weighted by Gasteiger charge is -1.98. The first-order valence-electron chi connectivity index (χ1n) is 3.16. The molecule has 0 heterocycles. The van der Waals surface area contributed by atoms with Crippen LogP contribution in [-0.2, 0) is 0 Å². The van der Waals surface area contributed by atoms with Crippen molar-refractivity contribution in [2.24, 2.45) is 0 Å². The van der Waals surface area contributed by atoms with Crippen molar-refractivity contribution in [3.63, 3.8) is 0 Å². The Hall–Kier alpha value is -1.23. The number of hydrogen-bond acceptors (Lipinski definition) is 4. The lowest BCUT2D eigenvalue weighted by molar-refractivity contribution is -0.385. The Kier molecular flexibility index (Phi) is 2.54. The van der Waals surface area contributed by atoms with Gasteiger partial charge in [-0.1, -0.05) is 0 Å². The molecule has 1 aromatic rings. The summed E-state index contributed by atoms with van der Waals surface area (Å²) in [5.74, 6) is 0.0769. The van der Waals surface area contributed by atoms with E-state index in [1.807, 2.05) is 0 Å². The summed E-state index contributed by atoms with van der Waals surface area (Å²) < 4.78 is 0. The quantitative estimate of drug-likeness (QED) is 0.435. The monoisotopic (exact) mass is 185 g/mol. The number of nitrogens with zero attached hydrogens (tertiary/aromatic N) is 1. The second-order valence-electron chi connectivity index (χ2n) is 2.11. The van der Waals surface area contributed by atoms with E-state index in [0.717, 1.165) is 0 Å². The van der Waals surface area contributed by atoms with E-state index in [-0.39, 0.29) is 11.4 Å². The highest BCUT2D eigenvalue weighted by atomic mass is 32.2. The molecule has 5 heteroatoms. The third-order valence-corrected chi connectivity index (χ3v) is 2.14. The van der Waals surface area contributed by atoms with Crippen LogP contribution in [0.2, 0.25) is 0 Å². The molecule has 0 amide bonds. The first-order chi connectivity index (χ1) is 5.65. The number of thioether (sulfide) groups is 1. The van der Waals surface area contributed by atoms with E-state index in [1.54, 1.807) is 6.26 Å². The van der Waals surface area contributed by atoms with Gasteiger partial charge in [0.25, 0.3) is 5.69 Å². The summed E-state index contributed by atoms with van der Waals surface area (Å²) in [6, 6.07) is 3.94. The highest BCUT2D eigenvalue weighted by Crippen LogP contribution is 2.29. The van der Waals surface area contributed by atoms with E-state index in [9.17, 15) is 15.2 Å². The van der Waals surface area contributed by atoms with Crippen LogP contribution in [0.3, 0.4) is 0 Å². The van der Waals surface area contributed by atoms with Crippen LogP contribution in [-0.4, -0.2) is 16.3 Å². The lowest BCUT2D eigenvalue weighted by atomic mass is 10.3. The second kappa shape index (κ2) is 3.44. The summed E-state index contributed by atoms with van der Waals surface area (Å²) in [6.07, 6.45) is 1.75.